The van der Waals surface area contributed by atoms with Gasteiger partial charge in [-0.25, -0.2) is 4.98 Å². The maximum absolute atomic E-state index is 5.82. The Kier molecular flexibility index (Phi) is 6.21. The summed E-state index contributed by atoms with van der Waals surface area (Å²) in [5.41, 5.74) is 0.976. The quantitative estimate of drug-likeness (QED) is 0.585. The van der Waals surface area contributed by atoms with Crippen molar-refractivity contribution in [2.75, 3.05) is 30.9 Å². The summed E-state index contributed by atoms with van der Waals surface area (Å²) in [5, 5.41) is 8.59. The number of para-hydroxylation sites is 1. The lowest BCUT2D eigenvalue weighted by Crippen LogP contribution is -2.31. The number of hydrogen-bond donors (Lipinski definition) is 2. The highest BCUT2D eigenvalue weighted by atomic mass is 35.5. The number of nitrogens with zero attached hydrogens (tertiary/aromatic N) is 3. The van der Waals surface area contributed by atoms with Gasteiger partial charge in [-0.1, -0.05) is 12.1 Å². The lowest BCUT2D eigenvalue weighted by atomic mass is 9.86. The fourth-order valence-corrected chi connectivity index (χ4v) is 4.17. The maximum atomic E-state index is 5.82. The third-order valence-electron chi connectivity index (χ3n) is 5.55. The van der Waals surface area contributed by atoms with Gasteiger partial charge in [-0.05, 0) is 74.0 Å². The lowest BCUT2D eigenvalue weighted by molar-refractivity contribution is 0.319. The largest absolute Gasteiger partial charge is 0.448 e. The Morgan fingerprint density at radius 1 is 1.07 bits per heavy atom. The smallest absolute Gasteiger partial charge is 0.225 e. The SMILES string of the molecule is CN(C)c1nc(N[C@H]2CC[C@@H](CNCc3ccc(Cl)o3)CC2)nc2ccccc12. The number of anilines is 2. The van der Waals surface area contributed by atoms with Crippen LogP contribution in [-0.4, -0.2) is 36.6 Å². The molecule has 0 amide bonds. The van der Waals surface area contributed by atoms with E-state index in [1.165, 1.54) is 12.8 Å². The first-order valence-corrected chi connectivity index (χ1v) is 10.6. The van der Waals surface area contributed by atoms with Crippen LogP contribution in [0.5, 0.6) is 0 Å². The molecule has 2 heterocycles. The van der Waals surface area contributed by atoms with Crippen molar-refractivity contribution in [1.29, 1.82) is 0 Å². The minimum atomic E-state index is 0.423. The van der Waals surface area contributed by atoms with E-state index in [1.54, 1.807) is 6.07 Å². The molecule has 1 aliphatic rings. The van der Waals surface area contributed by atoms with E-state index in [0.717, 1.165) is 54.4 Å². The van der Waals surface area contributed by atoms with E-state index < -0.39 is 0 Å². The first-order valence-electron chi connectivity index (χ1n) is 10.2. The Morgan fingerprint density at radius 3 is 2.59 bits per heavy atom. The van der Waals surface area contributed by atoms with Crippen LogP contribution in [0, 0.1) is 5.92 Å². The second kappa shape index (κ2) is 9.01. The van der Waals surface area contributed by atoms with E-state index in [1.807, 2.05) is 43.3 Å². The zero-order chi connectivity index (χ0) is 20.2. The predicted molar refractivity (Wildman–Crippen MR) is 119 cm³/mol. The van der Waals surface area contributed by atoms with Crippen molar-refractivity contribution < 1.29 is 4.42 Å². The molecule has 154 valence electrons. The first-order chi connectivity index (χ1) is 14.1. The molecule has 1 fully saturated rings. The number of rotatable bonds is 7. The van der Waals surface area contributed by atoms with Gasteiger partial charge in [0, 0.05) is 25.5 Å². The van der Waals surface area contributed by atoms with Gasteiger partial charge < -0.3 is 20.0 Å². The van der Waals surface area contributed by atoms with Crippen molar-refractivity contribution in [2.24, 2.45) is 5.92 Å². The number of benzene rings is 1. The molecule has 2 aromatic heterocycles. The highest BCUT2D eigenvalue weighted by Gasteiger charge is 2.22. The van der Waals surface area contributed by atoms with Crippen LogP contribution in [-0.2, 0) is 6.54 Å². The highest BCUT2D eigenvalue weighted by Crippen LogP contribution is 2.28. The van der Waals surface area contributed by atoms with E-state index in [-0.39, 0.29) is 0 Å². The van der Waals surface area contributed by atoms with Crippen LogP contribution >= 0.6 is 11.6 Å². The van der Waals surface area contributed by atoms with Crippen molar-refractivity contribution >= 4 is 34.3 Å². The van der Waals surface area contributed by atoms with Gasteiger partial charge in [-0.2, -0.15) is 4.98 Å². The zero-order valence-electron chi connectivity index (χ0n) is 17.0. The fourth-order valence-electron chi connectivity index (χ4n) is 4.01. The number of furan rings is 1. The van der Waals surface area contributed by atoms with E-state index >= 15 is 0 Å². The third-order valence-corrected chi connectivity index (χ3v) is 5.75. The monoisotopic (exact) mass is 413 g/mol. The molecule has 0 unspecified atom stereocenters. The molecule has 0 spiro atoms. The molecule has 1 aromatic carbocycles. The highest BCUT2D eigenvalue weighted by molar-refractivity contribution is 6.28. The van der Waals surface area contributed by atoms with Crippen LogP contribution in [0.4, 0.5) is 11.8 Å². The van der Waals surface area contributed by atoms with Gasteiger partial charge in [0.25, 0.3) is 0 Å². The summed E-state index contributed by atoms with van der Waals surface area (Å²) in [5.74, 6) is 3.25. The van der Waals surface area contributed by atoms with Crippen LogP contribution in [0.15, 0.2) is 40.8 Å². The number of aromatic nitrogens is 2. The summed E-state index contributed by atoms with van der Waals surface area (Å²) in [6.45, 7) is 1.73. The third kappa shape index (κ3) is 5.00. The standard InChI is InChI=1S/C22H28ClN5O/c1-28(2)21-18-5-3-4-6-19(18)26-22(27-21)25-16-9-7-15(8-10-16)13-24-14-17-11-12-20(23)29-17/h3-6,11-12,15-16,24H,7-10,13-14H2,1-2H3,(H,25,26,27)/t15-,16+. The molecule has 1 saturated carbocycles. The Hall–Kier alpha value is -2.31. The summed E-state index contributed by atoms with van der Waals surface area (Å²) in [6, 6.07) is 12.3. The summed E-state index contributed by atoms with van der Waals surface area (Å²) in [7, 11) is 4.04. The number of fused-ring (bicyclic) bond motifs is 1. The number of nitrogens with one attached hydrogen (secondary N) is 2. The maximum Gasteiger partial charge on any atom is 0.225 e. The molecule has 0 radical (unpaired) electrons. The van der Waals surface area contributed by atoms with Gasteiger partial charge in [0.1, 0.15) is 11.6 Å². The van der Waals surface area contributed by atoms with Crippen molar-refractivity contribution in [3.05, 3.63) is 47.4 Å². The lowest BCUT2D eigenvalue weighted by Gasteiger charge is -2.29. The van der Waals surface area contributed by atoms with Crippen molar-refractivity contribution in [2.45, 2.75) is 38.3 Å². The molecule has 0 atom stereocenters. The second-order valence-electron chi connectivity index (χ2n) is 7.98. The molecule has 0 bridgehead atoms. The summed E-state index contributed by atoms with van der Waals surface area (Å²) in [4.78, 5) is 11.5. The summed E-state index contributed by atoms with van der Waals surface area (Å²) < 4.78 is 5.39. The van der Waals surface area contributed by atoms with Crippen LogP contribution in [0.1, 0.15) is 31.4 Å². The normalized spacial score (nSPS) is 19.4. The first kappa shape index (κ1) is 20.0. The molecule has 0 saturated heterocycles. The van der Waals surface area contributed by atoms with Gasteiger partial charge in [0.15, 0.2) is 5.22 Å². The van der Waals surface area contributed by atoms with Crippen LogP contribution in [0.25, 0.3) is 10.9 Å². The molecule has 1 aliphatic carbocycles. The summed E-state index contributed by atoms with van der Waals surface area (Å²) in [6.07, 6.45) is 4.65. The van der Waals surface area contributed by atoms with Crippen molar-refractivity contribution in [3.63, 3.8) is 0 Å². The predicted octanol–water partition coefficient (Wildman–Crippen LogP) is 4.70. The molecular formula is C22H28ClN5O. The van der Waals surface area contributed by atoms with Crippen LogP contribution in [0.2, 0.25) is 5.22 Å². The Balaban J connectivity index is 1.30. The second-order valence-corrected chi connectivity index (χ2v) is 8.35. The van der Waals surface area contributed by atoms with Crippen LogP contribution < -0.4 is 15.5 Å². The van der Waals surface area contributed by atoms with Gasteiger partial charge in [-0.15, -0.1) is 0 Å². The Labute approximate surface area is 176 Å². The van der Waals surface area contributed by atoms with Gasteiger partial charge in [-0.3, -0.25) is 0 Å². The Bertz CT molecular complexity index is 949. The molecule has 6 nitrogen and oxygen atoms in total. The van der Waals surface area contributed by atoms with E-state index in [0.29, 0.717) is 17.2 Å². The van der Waals surface area contributed by atoms with E-state index in [9.17, 15) is 0 Å². The van der Waals surface area contributed by atoms with Gasteiger partial charge in [0.05, 0.1) is 12.1 Å². The molecule has 3 aromatic rings. The minimum Gasteiger partial charge on any atom is -0.448 e. The molecule has 7 heteroatoms. The average molecular weight is 414 g/mol. The topological polar surface area (TPSA) is 66.2 Å². The van der Waals surface area contributed by atoms with Crippen molar-refractivity contribution in [1.82, 2.24) is 15.3 Å². The molecule has 4 rings (SSSR count). The van der Waals surface area contributed by atoms with E-state index in [2.05, 4.69) is 16.7 Å². The molecular weight excluding hydrogens is 386 g/mol. The number of halogens is 1. The van der Waals surface area contributed by atoms with Crippen molar-refractivity contribution in [3.8, 4) is 0 Å². The molecule has 29 heavy (non-hydrogen) atoms. The van der Waals surface area contributed by atoms with Gasteiger partial charge in [0.2, 0.25) is 5.95 Å². The number of hydrogen-bond acceptors (Lipinski definition) is 6. The van der Waals surface area contributed by atoms with E-state index in [4.69, 9.17) is 26.0 Å². The molecule has 0 aliphatic heterocycles. The average Bonchev–Trinajstić information content (AvgIpc) is 3.13. The minimum absolute atomic E-state index is 0.423. The van der Waals surface area contributed by atoms with Crippen LogP contribution in [0.3, 0.4) is 0 Å². The summed E-state index contributed by atoms with van der Waals surface area (Å²) >= 11 is 5.82. The Morgan fingerprint density at radius 2 is 1.86 bits per heavy atom. The molecule has 2 N–H and O–H groups in total. The fraction of sp³-hybridized carbons (Fsp3) is 0.455. The van der Waals surface area contributed by atoms with Gasteiger partial charge >= 0.3 is 0 Å². The zero-order valence-corrected chi connectivity index (χ0v) is 17.7.